The maximum absolute atomic E-state index is 10.5. The van der Waals surface area contributed by atoms with Gasteiger partial charge in [0.2, 0.25) is 0 Å². The van der Waals surface area contributed by atoms with E-state index in [4.69, 9.17) is 0 Å². The predicted molar refractivity (Wildman–Crippen MR) is 80.4 cm³/mol. The molecule has 0 spiro atoms. The van der Waals surface area contributed by atoms with Gasteiger partial charge in [0.1, 0.15) is 0 Å². The van der Waals surface area contributed by atoms with E-state index in [2.05, 4.69) is 36.9 Å². The molecule has 0 aromatic heterocycles. The van der Waals surface area contributed by atoms with Crippen LogP contribution in [0.3, 0.4) is 0 Å². The smallest absolute Gasteiger partial charge is 0.0919 e. The zero-order valence-electron chi connectivity index (χ0n) is 12.4. The first-order valence-corrected chi connectivity index (χ1v) is 7.64. The lowest BCUT2D eigenvalue weighted by Gasteiger charge is -2.27. The monoisotopic (exact) mass is 261 g/mol. The van der Waals surface area contributed by atoms with Crippen molar-refractivity contribution in [2.75, 3.05) is 19.6 Å². The van der Waals surface area contributed by atoms with Gasteiger partial charge in [-0.1, -0.05) is 43.0 Å². The Morgan fingerprint density at radius 1 is 1.05 bits per heavy atom. The zero-order chi connectivity index (χ0) is 13.7. The number of nitrogens with zero attached hydrogens (tertiary/aromatic N) is 1. The van der Waals surface area contributed by atoms with Gasteiger partial charge >= 0.3 is 0 Å². The Morgan fingerprint density at radius 3 is 2.37 bits per heavy atom. The molecule has 0 saturated carbocycles. The van der Waals surface area contributed by atoms with Gasteiger partial charge in [0.15, 0.2) is 0 Å². The molecule has 1 aliphatic rings. The van der Waals surface area contributed by atoms with Crippen molar-refractivity contribution in [3.63, 3.8) is 0 Å². The number of aryl methyl sites for hydroxylation is 2. The highest BCUT2D eigenvalue weighted by molar-refractivity contribution is 5.32. The van der Waals surface area contributed by atoms with E-state index in [-0.39, 0.29) is 6.10 Å². The molecular weight excluding hydrogens is 234 g/mol. The van der Waals surface area contributed by atoms with Crippen LogP contribution in [0.25, 0.3) is 0 Å². The molecule has 1 aliphatic heterocycles. The van der Waals surface area contributed by atoms with Crippen LogP contribution in [0.1, 0.15) is 54.9 Å². The van der Waals surface area contributed by atoms with E-state index in [1.807, 2.05) is 0 Å². The van der Waals surface area contributed by atoms with E-state index in [0.717, 1.165) is 25.2 Å². The van der Waals surface area contributed by atoms with Gasteiger partial charge in [-0.3, -0.25) is 0 Å². The second kappa shape index (κ2) is 7.06. The molecule has 2 heteroatoms. The van der Waals surface area contributed by atoms with Gasteiger partial charge in [-0.2, -0.15) is 0 Å². The number of benzene rings is 1. The van der Waals surface area contributed by atoms with Crippen molar-refractivity contribution in [3.8, 4) is 0 Å². The van der Waals surface area contributed by atoms with Crippen molar-refractivity contribution >= 4 is 0 Å². The van der Waals surface area contributed by atoms with Crippen molar-refractivity contribution in [2.45, 2.75) is 52.1 Å². The predicted octanol–water partition coefficient (Wildman–Crippen LogP) is 3.60. The molecule has 1 N–H and O–H groups in total. The van der Waals surface area contributed by atoms with Crippen molar-refractivity contribution < 1.29 is 5.11 Å². The highest BCUT2D eigenvalue weighted by Gasteiger charge is 2.16. The van der Waals surface area contributed by atoms with Gasteiger partial charge < -0.3 is 10.0 Å². The van der Waals surface area contributed by atoms with Gasteiger partial charge in [-0.15, -0.1) is 0 Å². The third kappa shape index (κ3) is 4.32. The van der Waals surface area contributed by atoms with Crippen LogP contribution >= 0.6 is 0 Å². The van der Waals surface area contributed by atoms with E-state index < -0.39 is 0 Å². The molecular formula is C17H27NO. The summed E-state index contributed by atoms with van der Waals surface area (Å²) in [6.07, 6.45) is 6.28. The summed E-state index contributed by atoms with van der Waals surface area (Å²) >= 11 is 0. The lowest BCUT2D eigenvalue weighted by atomic mass is 10.00. The maximum atomic E-state index is 10.5. The second-order valence-corrected chi connectivity index (χ2v) is 5.94. The van der Waals surface area contributed by atoms with Crippen molar-refractivity contribution in [1.82, 2.24) is 4.90 Å². The van der Waals surface area contributed by atoms with Crippen molar-refractivity contribution in [1.29, 1.82) is 0 Å². The van der Waals surface area contributed by atoms with Crippen LogP contribution in [0, 0.1) is 13.8 Å². The maximum Gasteiger partial charge on any atom is 0.0919 e. The Kier molecular flexibility index (Phi) is 5.41. The molecule has 1 heterocycles. The Balaban J connectivity index is 1.98. The summed E-state index contributed by atoms with van der Waals surface area (Å²) in [6, 6.07) is 6.35. The van der Waals surface area contributed by atoms with Gasteiger partial charge in [-0.05, 0) is 50.9 Å². The molecule has 2 nitrogen and oxygen atoms in total. The summed E-state index contributed by atoms with van der Waals surface area (Å²) in [5.74, 6) is 0. The first-order chi connectivity index (χ1) is 9.16. The third-order valence-corrected chi connectivity index (χ3v) is 4.17. The molecule has 19 heavy (non-hydrogen) atoms. The molecule has 1 fully saturated rings. The highest BCUT2D eigenvalue weighted by atomic mass is 16.3. The van der Waals surface area contributed by atoms with Crippen LogP contribution in [-0.2, 0) is 0 Å². The Morgan fingerprint density at radius 2 is 1.68 bits per heavy atom. The average Bonchev–Trinajstić information content (AvgIpc) is 2.35. The topological polar surface area (TPSA) is 23.5 Å². The number of hydrogen-bond donors (Lipinski definition) is 1. The second-order valence-electron chi connectivity index (χ2n) is 5.94. The summed E-state index contributed by atoms with van der Waals surface area (Å²) in [7, 11) is 0. The van der Waals surface area contributed by atoms with Crippen LogP contribution < -0.4 is 0 Å². The molecule has 106 valence electrons. The number of rotatable bonds is 3. The molecule has 0 radical (unpaired) electrons. The highest BCUT2D eigenvalue weighted by Crippen LogP contribution is 2.21. The van der Waals surface area contributed by atoms with Gasteiger partial charge in [0, 0.05) is 6.54 Å². The fourth-order valence-electron chi connectivity index (χ4n) is 2.96. The van der Waals surface area contributed by atoms with E-state index in [1.165, 1.54) is 43.2 Å². The van der Waals surface area contributed by atoms with E-state index in [1.54, 1.807) is 0 Å². The van der Waals surface area contributed by atoms with E-state index in [9.17, 15) is 5.11 Å². The largest absolute Gasteiger partial charge is 0.387 e. The number of hydrogen-bond acceptors (Lipinski definition) is 2. The zero-order valence-corrected chi connectivity index (χ0v) is 12.4. The lowest BCUT2D eigenvalue weighted by Crippen LogP contribution is -2.31. The summed E-state index contributed by atoms with van der Waals surface area (Å²) in [5, 5.41) is 10.5. The molecule has 1 atom stereocenters. The summed E-state index contributed by atoms with van der Waals surface area (Å²) in [5.41, 5.74) is 3.53. The first kappa shape index (κ1) is 14.5. The van der Waals surface area contributed by atoms with Crippen LogP contribution in [-0.4, -0.2) is 29.6 Å². The number of aliphatic hydroxyl groups is 1. The fourth-order valence-corrected chi connectivity index (χ4v) is 2.96. The number of aliphatic hydroxyl groups excluding tert-OH is 1. The Bertz CT molecular complexity index is 394. The molecule has 0 aliphatic carbocycles. The fraction of sp³-hybridized carbons (Fsp3) is 0.647. The average molecular weight is 261 g/mol. The van der Waals surface area contributed by atoms with Gasteiger partial charge in [0.05, 0.1) is 6.10 Å². The van der Waals surface area contributed by atoms with Crippen LogP contribution in [0.5, 0.6) is 0 Å². The standard InChI is InChI=1S/C17H27NO/c1-14-8-9-15(2)16(12-14)17(19)13-18-10-6-4-3-5-7-11-18/h8-9,12,17,19H,3-7,10-11,13H2,1-2H3. The quantitative estimate of drug-likeness (QED) is 0.898. The first-order valence-electron chi connectivity index (χ1n) is 7.64. The minimum Gasteiger partial charge on any atom is -0.387 e. The molecule has 1 unspecified atom stereocenters. The van der Waals surface area contributed by atoms with Crippen molar-refractivity contribution in [2.24, 2.45) is 0 Å². The number of likely N-dealkylation sites (tertiary alicyclic amines) is 1. The summed E-state index contributed by atoms with van der Waals surface area (Å²) < 4.78 is 0. The van der Waals surface area contributed by atoms with Crippen LogP contribution in [0.2, 0.25) is 0 Å². The Labute approximate surface area is 117 Å². The minimum absolute atomic E-state index is 0.348. The van der Waals surface area contributed by atoms with Crippen LogP contribution in [0.4, 0.5) is 0 Å². The van der Waals surface area contributed by atoms with Gasteiger partial charge in [0.25, 0.3) is 0 Å². The molecule has 1 aromatic rings. The summed E-state index contributed by atoms with van der Waals surface area (Å²) in [4.78, 5) is 2.44. The lowest BCUT2D eigenvalue weighted by molar-refractivity contribution is 0.107. The van der Waals surface area contributed by atoms with Crippen molar-refractivity contribution in [3.05, 3.63) is 34.9 Å². The van der Waals surface area contributed by atoms with Gasteiger partial charge in [-0.25, -0.2) is 0 Å². The number of β-amino-alcohol motifs (C(OH)–C–C–N with tert-alkyl or cyclic N) is 1. The van der Waals surface area contributed by atoms with E-state index >= 15 is 0 Å². The van der Waals surface area contributed by atoms with E-state index in [0.29, 0.717) is 0 Å². The normalized spacial score (nSPS) is 19.7. The molecule has 1 aromatic carbocycles. The molecule has 0 amide bonds. The van der Waals surface area contributed by atoms with Crippen LogP contribution in [0.15, 0.2) is 18.2 Å². The molecule has 0 bridgehead atoms. The molecule has 2 rings (SSSR count). The minimum atomic E-state index is -0.348. The SMILES string of the molecule is Cc1ccc(C)c(C(O)CN2CCCCCCC2)c1. The Hall–Kier alpha value is -0.860. The third-order valence-electron chi connectivity index (χ3n) is 4.17. The molecule has 1 saturated heterocycles. The summed E-state index contributed by atoms with van der Waals surface area (Å²) in [6.45, 7) is 7.24.